The van der Waals surface area contributed by atoms with Crippen LogP contribution in [-0.4, -0.2) is 12.6 Å². The Kier molecular flexibility index (Phi) is 5.59. The van der Waals surface area contributed by atoms with Crippen LogP contribution in [-0.2, 0) is 9.53 Å². The number of ether oxygens (including phenoxy) is 1. The summed E-state index contributed by atoms with van der Waals surface area (Å²) < 4.78 is 17.6. The lowest BCUT2D eigenvalue weighted by Gasteiger charge is -2.03. The van der Waals surface area contributed by atoms with Crippen molar-refractivity contribution in [2.24, 2.45) is 0 Å². The number of hydrogen-bond donors (Lipinski definition) is 0. The fourth-order valence-corrected chi connectivity index (χ4v) is 1.68. The zero-order chi connectivity index (χ0) is 13.5. The van der Waals surface area contributed by atoms with Crippen LogP contribution >= 0.6 is 11.6 Å². The van der Waals surface area contributed by atoms with Crippen molar-refractivity contribution in [3.05, 3.63) is 52.8 Å². The number of carbonyl (C=O) groups excluding carboxylic acids is 1. The van der Waals surface area contributed by atoms with Crippen LogP contribution in [0.15, 0.2) is 36.4 Å². The first-order valence-electron chi connectivity index (χ1n) is 5.51. The number of halogens is 2. The van der Waals surface area contributed by atoms with Gasteiger partial charge in [0.15, 0.2) is 0 Å². The van der Waals surface area contributed by atoms with Crippen LogP contribution < -0.4 is 0 Å². The largest absolute Gasteiger partial charge is 0.463 e. The maximum Gasteiger partial charge on any atom is 0.330 e. The van der Waals surface area contributed by atoms with E-state index < -0.39 is 5.97 Å². The van der Waals surface area contributed by atoms with Crippen molar-refractivity contribution in [3.63, 3.8) is 0 Å². The summed E-state index contributed by atoms with van der Waals surface area (Å²) >= 11 is 5.92. The molecule has 0 spiro atoms. The molecule has 0 aromatic heterocycles. The molecule has 0 bridgehead atoms. The van der Waals surface area contributed by atoms with Crippen molar-refractivity contribution in [2.75, 3.05) is 6.61 Å². The van der Waals surface area contributed by atoms with Gasteiger partial charge in [0.2, 0.25) is 0 Å². The van der Waals surface area contributed by atoms with E-state index in [-0.39, 0.29) is 5.82 Å². The van der Waals surface area contributed by atoms with E-state index >= 15 is 0 Å². The summed E-state index contributed by atoms with van der Waals surface area (Å²) in [6, 6.07) is 4.19. The summed E-state index contributed by atoms with van der Waals surface area (Å²) in [4.78, 5) is 11.1. The first-order chi connectivity index (χ1) is 8.54. The van der Waals surface area contributed by atoms with Gasteiger partial charge in [-0.15, -0.1) is 0 Å². The van der Waals surface area contributed by atoms with Crippen LogP contribution in [0.25, 0.3) is 5.57 Å². The molecule has 0 aliphatic heterocycles. The molecule has 1 aromatic rings. The molecule has 0 radical (unpaired) electrons. The molecule has 18 heavy (non-hydrogen) atoms. The highest BCUT2D eigenvalue weighted by Gasteiger charge is 2.02. The van der Waals surface area contributed by atoms with Crippen LogP contribution in [0.2, 0.25) is 5.02 Å². The summed E-state index contributed by atoms with van der Waals surface area (Å²) in [5, 5.41) is 0.341. The molecule has 0 unspecified atom stereocenters. The van der Waals surface area contributed by atoms with E-state index in [1.807, 2.05) is 6.92 Å². The molecule has 96 valence electrons. The quantitative estimate of drug-likeness (QED) is 0.469. The monoisotopic (exact) mass is 268 g/mol. The SMILES string of the molecule is CCOC(=O)C=CC=C(C)c1ccc(F)cc1Cl. The van der Waals surface area contributed by atoms with Crippen LogP contribution in [0.1, 0.15) is 19.4 Å². The number of esters is 1. The van der Waals surface area contributed by atoms with E-state index in [0.29, 0.717) is 11.6 Å². The van der Waals surface area contributed by atoms with Crippen LogP contribution in [0.3, 0.4) is 0 Å². The zero-order valence-corrected chi connectivity index (χ0v) is 11.0. The van der Waals surface area contributed by atoms with Crippen molar-refractivity contribution in [3.8, 4) is 0 Å². The fraction of sp³-hybridized carbons (Fsp3) is 0.214. The summed E-state index contributed by atoms with van der Waals surface area (Å²) in [6.07, 6.45) is 4.62. The van der Waals surface area contributed by atoms with E-state index in [2.05, 4.69) is 0 Å². The lowest BCUT2D eigenvalue weighted by atomic mass is 10.1. The summed E-state index contributed by atoms with van der Waals surface area (Å²) in [7, 11) is 0. The Morgan fingerprint density at radius 2 is 2.22 bits per heavy atom. The van der Waals surface area contributed by atoms with Gasteiger partial charge in [-0.05, 0) is 37.1 Å². The normalized spacial score (nSPS) is 11.9. The van der Waals surface area contributed by atoms with Gasteiger partial charge in [0.05, 0.1) is 11.6 Å². The third-order valence-corrected chi connectivity index (χ3v) is 2.53. The fourth-order valence-electron chi connectivity index (χ4n) is 1.36. The number of carbonyl (C=O) groups is 1. The van der Waals surface area contributed by atoms with Crippen molar-refractivity contribution in [1.29, 1.82) is 0 Å². The van der Waals surface area contributed by atoms with Gasteiger partial charge < -0.3 is 4.74 Å². The predicted octanol–water partition coefficient (Wildman–Crippen LogP) is 4.00. The number of benzene rings is 1. The highest BCUT2D eigenvalue weighted by Crippen LogP contribution is 2.24. The van der Waals surface area contributed by atoms with E-state index in [1.165, 1.54) is 18.2 Å². The number of hydrogen-bond acceptors (Lipinski definition) is 2. The average Bonchev–Trinajstić information content (AvgIpc) is 2.29. The predicted molar refractivity (Wildman–Crippen MR) is 70.8 cm³/mol. The maximum atomic E-state index is 12.9. The molecule has 0 aliphatic carbocycles. The molecule has 0 N–H and O–H groups in total. The Morgan fingerprint density at radius 3 is 2.83 bits per heavy atom. The summed E-state index contributed by atoms with van der Waals surface area (Å²) in [5.74, 6) is -0.773. The number of rotatable bonds is 4. The minimum absolute atomic E-state index is 0.341. The Morgan fingerprint density at radius 1 is 1.50 bits per heavy atom. The third-order valence-electron chi connectivity index (χ3n) is 2.22. The Balaban J connectivity index is 2.80. The first kappa shape index (κ1) is 14.5. The molecule has 0 aliphatic rings. The second-order valence-electron chi connectivity index (χ2n) is 3.59. The van der Waals surface area contributed by atoms with Crippen LogP contribution in [0.5, 0.6) is 0 Å². The van der Waals surface area contributed by atoms with Gasteiger partial charge in [0.25, 0.3) is 0 Å². The molecule has 0 heterocycles. The average molecular weight is 269 g/mol. The Bertz CT molecular complexity index is 493. The lowest BCUT2D eigenvalue weighted by Crippen LogP contribution is -1.98. The molecular formula is C14H14ClFO2. The summed E-state index contributed by atoms with van der Waals surface area (Å²) in [6.45, 7) is 3.91. The molecule has 2 nitrogen and oxygen atoms in total. The summed E-state index contributed by atoms with van der Waals surface area (Å²) in [5.41, 5.74) is 1.56. The molecule has 0 saturated heterocycles. The van der Waals surface area contributed by atoms with E-state index in [4.69, 9.17) is 16.3 Å². The number of allylic oxidation sites excluding steroid dienone is 3. The molecule has 0 amide bonds. The highest BCUT2D eigenvalue weighted by molar-refractivity contribution is 6.32. The van der Waals surface area contributed by atoms with Gasteiger partial charge in [0, 0.05) is 6.08 Å². The van der Waals surface area contributed by atoms with E-state index in [9.17, 15) is 9.18 Å². The minimum atomic E-state index is -0.397. The molecule has 1 rings (SSSR count). The van der Waals surface area contributed by atoms with Crippen LogP contribution in [0.4, 0.5) is 4.39 Å². The lowest BCUT2D eigenvalue weighted by molar-refractivity contribution is -0.137. The maximum absolute atomic E-state index is 12.9. The van der Waals surface area contributed by atoms with Gasteiger partial charge in [-0.25, -0.2) is 9.18 Å². The highest BCUT2D eigenvalue weighted by atomic mass is 35.5. The van der Waals surface area contributed by atoms with Crippen LogP contribution in [0, 0.1) is 5.82 Å². The molecule has 1 aromatic carbocycles. The third kappa shape index (κ3) is 4.34. The van der Waals surface area contributed by atoms with E-state index in [1.54, 1.807) is 25.1 Å². The molecule has 4 heteroatoms. The first-order valence-corrected chi connectivity index (χ1v) is 5.89. The van der Waals surface area contributed by atoms with Gasteiger partial charge in [-0.2, -0.15) is 0 Å². The van der Waals surface area contributed by atoms with Crippen molar-refractivity contribution in [1.82, 2.24) is 0 Å². The van der Waals surface area contributed by atoms with Gasteiger partial charge in [0.1, 0.15) is 5.82 Å². The standard InChI is InChI=1S/C14H14ClFO2/c1-3-18-14(17)6-4-5-10(2)12-8-7-11(16)9-13(12)15/h4-9H,3H2,1-2H3. The minimum Gasteiger partial charge on any atom is -0.463 e. The molecular weight excluding hydrogens is 255 g/mol. The molecule has 0 saturated carbocycles. The van der Waals surface area contributed by atoms with Gasteiger partial charge in [-0.3, -0.25) is 0 Å². The smallest absolute Gasteiger partial charge is 0.330 e. The second kappa shape index (κ2) is 6.97. The van der Waals surface area contributed by atoms with Gasteiger partial charge in [-0.1, -0.05) is 29.8 Å². The Labute approximate surface area is 111 Å². The second-order valence-corrected chi connectivity index (χ2v) is 3.99. The van der Waals surface area contributed by atoms with Crippen molar-refractivity contribution in [2.45, 2.75) is 13.8 Å². The van der Waals surface area contributed by atoms with Gasteiger partial charge >= 0.3 is 5.97 Å². The zero-order valence-electron chi connectivity index (χ0n) is 10.2. The topological polar surface area (TPSA) is 26.3 Å². The van der Waals surface area contributed by atoms with Crippen molar-refractivity contribution < 1.29 is 13.9 Å². The van der Waals surface area contributed by atoms with Crippen molar-refractivity contribution >= 4 is 23.1 Å². The van der Waals surface area contributed by atoms with E-state index in [0.717, 1.165) is 11.1 Å². The Hall–Kier alpha value is -1.61. The molecule has 0 atom stereocenters. The molecule has 0 fully saturated rings.